The number of hydrogen-bond donors (Lipinski definition) is 1. The normalized spacial score (nSPS) is 25.4. The van der Waals surface area contributed by atoms with E-state index < -0.39 is 0 Å². The van der Waals surface area contributed by atoms with Gasteiger partial charge in [-0.05, 0) is 67.8 Å². The molecule has 0 aromatic carbocycles. The van der Waals surface area contributed by atoms with Gasteiger partial charge >= 0.3 is 0 Å². The smallest absolute Gasteiger partial charge is 0.0701 e. The Labute approximate surface area is 117 Å². The fraction of sp³-hybridized carbons (Fsp3) is 0.692. The molecule has 96 valence electrons. The molecule has 1 N–H and O–H groups in total. The van der Waals surface area contributed by atoms with Gasteiger partial charge in [-0.3, -0.25) is 4.90 Å². The molecule has 0 amide bonds. The fourth-order valence-electron chi connectivity index (χ4n) is 2.62. The minimum atomic E-state index is 0.746. The van der Waals surface area contributed by atoms with E-state index in [1.165, 1.54) is 34.3 Å². The molecule has 1 heterocycles. The van der Waals surface area contributed by atoms with Crippen molar-refractivity contribution in [2.75, 3.05) is 14.1 Å². The highest BCUT2D eigenvalue weighted by molar-refractivity contribution is 9.11. The van der Waals surface area contributed by atoms with Crippen LogP contribution in [0.4, 0.5) is 0 Å². The molecule has 0 radical (unpaired) electrons. The summed E-state index contributed by atoms with van der Waals surface area (Å²) in [5.41, 5.74) is 0. The molecule has 1 fully saturated rings. The highest BCUT2D eigenvalue weighted by Gasteiger charge is 2.23. The molecule has 1 aromatic rings. The van der Waals surface area contributed by atoms with Crippen LogP contribution in [-0.4, -0.2) is 31.1 Å². The zero-order valence-electron chi connectivity index (χ0n) is 10.6. The molecule has 0 saturated heterocycles. The molecular formula is C13H21BrN2S. The number of hydrogen-bond acceptors (Lipinski definition) is 3. The zero-order valence-corrected chi connectivity index (χ0v) is 13.0. The van der Waals surface area contributed by atoms with Crippen LogP contribution in [-0.2, 0) is 6.54 Å². The number of nitrogens with one attached hydrogen (secondary N) is 1. The second-order valence-electron chi connectivity index (χ2n) is 4.92. The molecule has 1 aliphatic rings. The number of thiophene rings is 1. The van der Waals surface area contributed by atoms with E-state index in [-0.39, 0.29) is 0 Å². The summed E-state index contributed by atoms with van der Waals surface area (Å²) in [6, 6.07) is 5.88. The number of rotatable bonds is 4. The molecule has 4 heteroatoms. The van der Waals surface area contributed by atoms with E-state index in [1.807, 2.05) is 11.3 Å². The molecule has 17 heavy (non-hydrogen) atoms. The summed E-state index contributed by atoms with van der Waals surface area (Å²) in [4.78, 5) is 3.97. The van der Waals surface area contributed by atoms with Gasteiger partial charge < -0.3 is 5.32 Å². The Kier molecular flexibility index (Phi) is 5.03. The molecule has 2 nitrogen and oxygen atoms in total. The summed E-state index contributed by atoms with van der Waals surface area (Å²) in [7, 11) is 4.34. The predicted molar refractivity (Wildman–Crippen MR) is 78.6 cm³/mol. The highest BCUT2D eigenvalue weighted by Crippen LogP contribution is 2.27. The van der Waals surface area contributed by atoms with Crippen molar-refractivity contribution in [3.05, 3.63) is 20.8 Å². The average molecular weight is 317 g/mol. The molecule has 0 aliphatic heterocycles. The Bertz CT molecular complexity index is 345. The lowest BCUT2D eigenvalue weighted by Gasteiger charge is -2.34. The van der Waals surface area contributed by atoms with Crippen LogP contribution in [0.1, 0.15) is 30.6 Å². The predicted octanol–water partition coefficient (Wildman–Crippen LogP) is 3.47. The standard InChI is InChI=1S/C13H21BrN2S/c1-15-10-3-5-11(6-4-10)16(2)9-12-7-8-13(14)17-12/h7-8,10-11,15H,3-6,9H2,1-2H3. The van der Waals surface area contributed by atoms with Crippen LogP contribution in [0.5, 0.6) is 0 Å². The first-order chi connectivity index (χ1) is 8.19. The highest BCUT2D eigenvalue weighted by atomic mass is 79.9. The summed E-state index contributed by atoms with van der Waals surface area (Å²) in [6.45, 7) is 1.09. The largest absolute Gasteiger partial charge is 0.317 e. The van der Waals surface area contributed by atoms with E-state index >= 15 is 0 Å². The van der Waals surface area contributed by atoms with Crippen molar-refractivity contribution < 1.29 is 0 Å². The van der Waals surface area contributed by atoms with Gasteiger partial charge in [0.1, 0.15) is 0 Å². The quantitative estimate of drug-likeness (QED) is 0.915. The maximum absolute atomic E-state index is 3.53. The third kappa shape index (κ3) is 3.78. The topological polar surface area (TPSA) is 15.3 Å². The summed E-state index contributed by atoms with van der Waals surface area (Å²) < 4.78 is 1.24. The number of halogens is 1. The zero-order chi connectivity index (χ0) is 12.3. The SMILES string of the molecule is CNC1CCC(N(C)Cc2ccc(Br)s2)CC1. The second-order valence-corrected chi connectivity index (χ2v) is 7.46. The minimum absolute atomic E-state index is 0.746. The Balaban J connectivity index is 1.82. The molecule has 0 atom stereocenters. The minimum Gasteiger partial charge on any atom is -0.317 e. The molecule has 0 bridgehead atoms. The van der Waals surface area contributed by atoms with Crippen molar-refractivity contribution in [3.8, 4) is 0 Å². The van der Waals surface area contributed by atoms with Gasteiger partial charge in [0, 0.05) is 23.5 Å². The first kappa shape index (κ1) is 13.5. The Morgan fingerprint density at radius 3 is 2.59 bits per heavy atom. The van der Waals surface area contributed by atoms with Crippen LogP contribution in [0.15, 0.2) is 15.9 Å². The van der Waals surface area contributed by atoms with Crippen LogP contribution in [0, 0.1) is 0 Å². The Hall–Kier alpha value is 0.1000. The molecule has 1 aromatic heterocycles. The molecular weight excluding hydrogens is 296 g/mol. The van der Waals surface area contributed by atoms with Crippen molar-refractivity contribution in [1.82, 2.24) is 10.2 Å². The molecule has 2 rings (SSSR count). The summed E-state index contributed by atoms with van der Waals surface area (Å²) in [5, 5.41) is 3.39. The van der Waals surface area contributed by atoms with Crippen LogP contribution >= 0.6 is 27.3 Å². The maximum atomic E-state index is 3.53. The van der Waals surface area contributed by atoms with Crippen LogP contribution in [0.25, 0.3) is 0 Å². The lowest BCUT2D eigenvalue weighted by Crippen LogP contribution is -2.39. The van der Waals surface area contributed by atoms with Gasteiger partial charge in [-0.1, -0.05) is 0 Å². The Morgan fingerprint density at radius 2 is 2.06 bits per heavy atom. The van der Waals surface area contributed by atoms with E-state index in [0.717, 1.165) is 18.6 Å². The lowest BCUT2D eigenvalue weighted by molar-refractivity contribution is 0.171. The van der Waals surface area contributed by atoms with Crippen molar-refractivity contribution >= 4 is 27.3 Å². The summed E-state index contributed by atoms with van der Waals surface area (Å²) in [6.07, 6.45) is 5.29. The van der Waals surface area contributed by atoms with Gasteiger partial charge in [-0.25, -0.2) is 0 Å². The van der Waals surface area contributed by atoms with E-state index in [2.05, 4.69) is 52.4 Å². The van der Waals surface area contributed by atoms with E-state index in [4.69, 9.17) is 0 Å². The summed E-state index contributed by atoms with van der Waals surface area (Å²) in [5.74, 6) is 0. The van der Waals surface area contributed by atoms with Gasteiger partial charge in [0.2, 0.25) is 0 Å². The third-order valence-corrected chi connectivity index (χ3v) is 5.37. The Morgan fingerprint density at radius 1 is 1.35 bits per heavy atom. The van der Waals surface area contributed by atoms with E-state index in [0.29, 0.717) is 0 Å². The first-order valence-corrected chi connectivity index (χ1v) is 7.91. The lowest BCUT2D eigenvalue weighted by atomic mass is 9.90. The van der Waals surface area contributed by atoms with Gasteiger partial charge in [0.25, 0.3) is 0 Å². The van der Waals surface area contributed by atoms with Gasteiger partial charge in [0.05, 0.1) is 3.79 Å². The molecule has 0 spiro atoms. The first-order valence-electron chi connectivity index (χ1n) is 6.30. The van der Waals surface area contributed by atoms with Crippen molar-refractivity contribution in [2.24, 2.45) is 0 Å². The molecule has 0 unspecified atom stereocenters. The monoisotopic (exact) mass is 316 g/mol. The van der Waals surface area contributed by atoms with Gasteiger partial charge in [0.15, 0.2) is 0 Å². The van der Waals surface area contributed by atoms with Crippen LogP contribution in [0.3, 0.4) is 0 Å². The van der Waals surface area contributed by atoms with Crippen molar-refractivity contribution in [2.45, 2.75) is 44.3 Å². The van der Waals surface area contributed by atoms with Crippen LogP contribution < -0.4 is 5.32 Å². The van der Waals surface area contributed by atoms with E-state index in [1.54, 1.807) is 0 Å². The molecule has 1 aliphatic carbocycles. The third-order valence-electron chi connectivity index (χ3n) is 3.76. The second kappa shape index (κ2) is 6.32. The van der Waals surface area contributed by atoms with E-state index in [9.17, 15) is 0 Å². The number of nitrogens with zero attached hydrogens (tertiary/aromatic N) is 1. The van der Waals surface area contributed by atoms with Gasteiger partial charge in [-0.15, -0.1) is 11.3 Å². The maximum Gasteiger partial charge on any atom is 0.0701 e. The fourth-order valence-corrected chi connectivity index (χ4v) is 4.16. The van der Waals surface area contributed by atoms with Gasteiger partial charge in [-0.2, -0.15) is 0 Å². The van der Waals surface area contributed by atoms with Crippen LogP contribution in [0.2, 0.25) is 0 Å². The molecule has 1 saturated carbocycles. The summed E-state index contributed by atoms with van der Waals surface area (Å²) >= 11 is 5.37. The average Bonchev–Trinajstić information content (AvgIpc) is 2.75. The van der Waals surface area contributed by atoms with Crippen molar-refractivity contribution in [1.29, 1.82) is 0 Å². The van der Waals surface area contributed by atoms with Crippen molar-refractivity contribution in [3.63, 3.8) is 0 Å².